The molecule has 0 heterocycles. The molecule has 1 nitrogen and oxygen atoms in total. The highest BCUT2D eigenvalue weighted by atomic mass is 19.1. The Morgan fingerprint density at radius 2 is 1.70 bits per heavy atom. The van der Waals surface area contributed by atoms with E-state index in [0.717, 1.165) is 11.8 Å². The van der Waals surface area contributed by atoms with E-state index >= 15 is 0 Å². The van der Waals surface area contributed by atoms with Crippen molar-refractivity contribution in [3.05, 3.63) is 35.6 Å². The van der Waals surface area contributed by atoms with Gasteiger partial charge in [0.25, 0.3) is 0 Å². The molecule has 3 unspecified atom stereocenters. The first-order valence-corrected chi connectivity index (χ1v) is 8.24. The summed E-state index contributed by atoms with van der Waals surface area (Å²) in [5.41, 5.74) is 1.19. The van der Waals surface area contributed by atoms with Crippen LogP contribution in [-0.2, 0) is 0 Å². The average molecular weight is 275 g/mol. The van der Waals surface area contributed by atoms with E-state index in [2.05, 4.69) is 12.2 Å². The fraction of sp³-hybridized carbons (Fsp3) is 0.667. The van der Waals surface area contributed by atoms with Crippen molar-refractivity contribution in [3.63, 3.8) is 0 Å². The van der Waals surface area contributed by atoms with Gasteiger partial charge in [-0.05, 0) is 55.7 Å². The highest BCUT2D eigenvalue weighted by Crippen LogP contribution is 2.40. The Morgan fingerprint density at radius 1 is 1.00 bits per heavy atom. The van der Waals surface area contributed by atoms with Gasteiger partial charge in [0.15, 0.2) is 0 Å². The second kappa shape index (κ2) is 6.26. The van der Waals surface area contributed by atoms with Crippen molar-refractivity contribution in [1.82, 2.24) is 5.32 Å². The lowest BCUT2D eigenvalue weighted by atomic mass is 9.69. The van der Waals surface area contributed by atoms with Crippen LogP contribution in [0.25, 0.3) is 0 Å². The maximum Gasteiger partial charge on any atom is 0.123 e. The zero-order valence-corrected chi connectivity index (χ0v) is 12.4. The molecule has 0 saturated heterocycles. The zero-order chi connectivity index (χ0) is 13.9. The molecule has 3 rings (SSSR count). The molecule has 1 aromatic carbocycles. The molecule has 2 aliphatic rings. The summed E-state index contributed by atoms with van der Waals surface area (Å²) in [6, 6.07) is 7.89. The predicted molar refractivity (Wildman–Crippen MR) is 81.0 cm³/mol. The van der Waals surface area contributed by atoms with Crippen LogP contribution in [0.2, 0.25) is 0 Å². The Bertz CT molecular complexity index is 428. The molecule has 110 valence electrons. The molecular formula is C18H26FN. The van der Waals surface area contributed by atoms with Gasteiger partial charge in [0.05, 0.1) is 0 Å². The summed E-state index contributed by atoms with van der Waals surface area (Å²) in [6.45, 7) is 2.19. The molecule has 2 fully saturated rings. The van der Waals surface area contributed by atoms with Crippen LogP contribution in [0, 0.1) is 17.7 Å². The van der Waals surface area contributed by atoms with Gasteiger partial charge < -0.3 is 5.32 Å². The van der Waals surface area contributed by atoms with E-state index in [1.54, 1.807) is 12.1 Å². The Morgan fingerprint density at radius 3 is 2.45 bits per heavy atom. The molecule has 0 aromatic heterocycles. The minimum Gasteiger partial charge on any atom is -0.307 e. The van der Waals surface area contributed by atoms with Gasteiger partial charge in [-0.15, -0.1) is 0 Å². The number of hydrogen-bond acceptors (Lipinski definition) is 1. The summed E-state index contributed by atoms with van der Waals surface area (Å²) in [7, 11) is 0. The van der Waals surface area contributed by atoms with Crippen molar-refractivity contribution in [2.45, 2.75) is 64.0 Å². The van der Waals surface area contributed by atoms with Crippen molar-refractivity contribution in [3.8, 4) is 0 Å². The van der Waals surface area contributed by atoms with E-state index in [9.17, 15) is 4.39 Å². The van der Waals surface area contributed by atoms with Crippen LogP contribution in [0.4, 0.5) is 4.39 Å². The molecule has 0 bridgehead atoms. The quantitative estimate of drug-likeness (QED) is 0.832. The lowest BCUT2D eigenvalue weighted by Crippen LogP contribution is -2.39. The maximum absolute atomic E-state index is 13.0. The van der Waals surface area contributed by atoms with Crippen molar-refractivity contribution in [2.24, 2.45) is 11.8 Å². The van der Waals surface area contributed by atoms with Gasteiger partial charge in [-0.1, -0.05) is 37.8 Å². The number of benzene rings is 1. The Hall–Kier alpha value is -0.890. The summed E-state index contributed by atoms with van der Waals surface area (Å²) in [6.07, 6.45) is 9.84. The molecule has 2 aliphatic carbocycles. The molecule has 0 amide bonds. The highest BCUT2D eigenvalue weighted by Gasteiger charge is 2.32. The van der Waals surface area contributed by atoms with E-state index in [4.69, 9.17) is 0 Å². The van der Waals surface area contributed by atoms with E-state index < -0.39 is 0 Å². The Kier molecular flexibility index (Phi) is 4.40. The van der Waals surface area contributed by atoms with Gasteiger partial charge in [-0.25, -0.2) is 4.39 Å². The third kappa shape index (κ3) is 3.22. The zero-order valence-electron chi connectivity index (χ0n) is 12.4. The van der Waals surface area contributed by atoms with Gasteiger partial charge in [0.2, 0.25) is 0 Å². The minimum absolute atomic E-state index is 0.149. The van der Waals surface area contributed by atoms with Crippen LogP contribution in [0.5, 0.6) is 0 Å². The lowest BCUT2D eigenvalue weighted by Gasteiger charge is -2.40. The van der Waals surface area contributed by atoms with Gasteiger partial charge in [-0.3, -0.25) is 0 Å². The topological polar surface area (TPSA) is 12.0 Å². The SMILES string of the molecule is C[C@@H](NC1CCC2CCCCC2C1)c1ccc(F)cc1. The van der Waals surface area contributed by atoms with Crippen LogP contribution >= 0.6 is 0 Å². The van der Waals surface area contributed by atoms with Gasteiger partial charge in [0, 0.05) is 12.1 Å². The molecule has 2 saturated carbocycles. The van der Waals surface area contributed by atoms with Crippen LogP contribution in [0.1, 0.15) is 63.5 Å². The van der Waals surface area contributed by atoms with Gasteiger partial charge in [-0.2, -0.15) is 0 Å². The standard InChI is InChI=1S/C18H26FN/c1-13(14-6-9-17(19)10-7-14)20-18-11-8-15-4-2-3-5-16(15)12-18/h6-7,9-10,13,15-16,18,20H,2-5,8,11-12H2,1H3/t13-,15?,16?,18?/m1/s1. The fourth-order valence-electron chi connectivity index (χ4n) is 4.23. The molecule has 0 radical (unpaired) electrons. The first-order valence-electron chi connectivity index (χ1n) is 8.24. The summed E-state index contributed by atoms with van der Waals surface area (Å²) in [5.74, 6) is 1.81. The summed E-state index contributed by atoms with van der Waals surface area (Å²) < 4.78 is 13.0. The first-order chi connectivity index (χ1) is 9.72. The predicted octanol–water partition coefficient (Wildman–Crippen LogP) is 4.84. The van der Waals surface area contributed by atoms with Crippen molar-refractivity contribution < 1.29 is 4.39 Å². The smallest absolute Gasteiger partial charge is 0.123 e. The van der Waals surface area contributed by atoms with Crippen molar-refractivity contribution in [2.75, 3.05) is 0 Å². The third-order valence-corrected chi connectivity index (χ3v) is 5.40. The number of halogens is 1. The molecule has 2 heteroatoms. The van der Waals surface area contributed by atoms with Crippen LogP contribution in [0.3, 0.4) is 0 Å². The van der Waals surface area contributed by atoms with Gasteiger partial charge >= 0.3 is 0 Å². The molecule has 1 aromatic rings. The van der Waals surface area contributed by atoms with E-state index in [1.165, 1.54) is 50.5 Å². The third-order valence-electron chi connectivity index (χ3n) is 5.40. The van der Waals surface area contributed by atoms with Crippen molar-refractivity contribution in [1.29, 1.82) is 0 Å². The maximum atomic E-state index is 13.0. The first kappa shape index (κ1) is 14.1. The number of hydrogen-bond donors (Lipinski definition) is 1. The molecule has 1 N–H and O–H groups in total. The Balaban J connectivity index is 1.56. The van der Waals surface area contributed by atoms with E-state index in [0.29, 0.717) is 12.1 Å². The van der Waals surface area contributed by atoms with Crippen LogP contribution < -0.4 is 5.32 Å². The van der Waals surface area contributed by atoms with Crippen molar-refractivity contribution >= 4 is 0 Å². The summed E-state index contributed by atoms with van der Waals surface area (Å²) in [5, 5.41) is 3.77. The highest BCUT2D eigenvalue weighted by molar-refractivity contribution is 5.19. The summed E-state index contributed by atoms with van der Waals surface area (Å²) in [4.78, 5) is 0. The molecular weight excluding hydrogens is 249 g/mol. The number of fused-ring (bicyclic) bond motifs is 1. The second-order valence-corrected chi connectivity index (χ2v) is 6.75. The number of rotatable bonds is 3. The summed E-state index contributed by atoms with van der Waals surface area (Å²) >= 11 is 0. The molecule has 0 spiro atoms. The molecule has 20 heavy (non-hydrogen) atoms. The lowest BCUT2D eigenvalue weighted by molar-refractivity contribution is 0.139. The van der Waals surface area contributed by atoms with Crippen LogP contribution in [0.15, 0.2) is 24.3 Å². The van der Waals surface area contributed by atoms with E-state index in [-0.39, 0.29) is 5.82 Å². The average Bonchev–Trinajstić information content (AvgIpc) is 2.48. The number of nitrogens with one attached hydrogen (secondary N) is 1. The minimum atomic E-state index is -0.149. The second-order valence-electron chi connectivity index (χ2n) is 6.75. The molecule has 4 atom stereocenters. The fourth-order valence-corrected chi connectivity index (χ4v) is 4.23. The van der Waals surface area contributed by atoms with Gasteiger partial charge in [0.1, 0.15) is 5.82 Å². The van der Waals surface area contributed by atoms with E-state index in [1.807, 2.05) is 12.1 Å². The molecule has 0 aliphatic heterocycles. The normalized spacial score (nSPS) is 31.6. The van der Waals surface area contributed by atoms with Crippen LogP contribution in [-0.4, -0.2) is 6.04 Å². The largest absolute Gasteiger partial charge is 0.307 e. The Labute approximate surface area is 122 Å². The monoisotopic (exact) mass is 275 g/mol.